The quantitative estimate of drug-likeness (QED) is 0.673. The predicted octanol–water partition coefficient (Wildman–Crippen LogP) is 2.08. The molecule has 0 amide bonds. The molecule has 1 rings (SSSR count). The maximum atomic E-state index is 10.4. The van der Waals surface area contributed by atoms with E-state index < -0.39 is 0 Å². The standard InChI is InChI=1S/C7H8BrNO/c1-2-9-6(5-10)3-4-7(9)8/h3-5H,2H2,1H3. The maximum Gasteiger partial charge on any atom is 0.166 e. The van der Waals surface area contributed by atoms with Crippen molar-refractivity contribution in [1.29, 1.82) is 0 Å². The molecule has 1 aromatic heterocycles. The summed E-state index contributed by atoms with van der Waals surface area (Å²) in [5, 5.41) is 0. The summed E-state index contributed by atoms with van der Waals surface area (Å²) in [5.74, 6) is 0. The van der Waals surface area contributed by atoms with Crippen LogP contribution in [0.25, 0.3) is 0 Å². The number of hydrogen-bond donors (Lipinski definition) is 0. The van der Waals surface area contributed by atoms with Crippen molar-refractivity contribution in [3.8, 4) is 0 Å². The average Bonchev–Trinajstić information content (AvgIpc) is 2.30. The summed E-state index contributed by atoms with van der Waals surface area (Å²) >= 11 is 3.32. The van der Waals surface area contributed by atoms with E-state index in [2.05, 4.69) is 15.9 Å². The van der Waals surface area contributed by atoms with E-state index in [4.69, 9.17) is 0 Å². The van der Waals surface area contributed by atoms with Crippen molar-refractivity contribution < 1.29 is 4.79 Å². The van der Waals surface area contributed by atoms with Crippen LogP contribution < -0.4 is 0 Å². The minimum Gasteiger partial charge on any atom is -0.333 e. The van der Waals surface area contributed by atoms with Crippen LogP contribution in [-0.4, -0.2) is 10.9 Å². The van der Waals surface area contributed by atoms with Crippen molar-refractivity contribution in [1.82, 2.24) is 4.57 Å². The summed E-state index contributed by atoms with van der Waals surface area (Å²) in [6.07, 6.45) is 0.855. The van der Waals surface area contributed by atoms with Crippen LogP contribution in [0.15, 0.2) is 16.7 Å². The summed E-state index contributed by atoms with van der Waals surface area (Å²) < 4.78 is 2.85. The minimum absolute atomic E-state index is 0.717. The van der Waals surface area contributed by atoms with E-state index in [9.17, 15) is 4.79 Å². The van der Waals surface area contributed by atoms with Crippen LogP contribution >= 0.6 is 15.9 Å². The van der Waals surface area contributed by atoms with Crippen molar-refractivity contribution in [2.45, 2.75) is 13.5 Å². The molecule has 0 fully saturated rings. The van der Waals surface area contributed by atoms with Crippen LogP contribution in [0, 0.1) is 0 Å². The first-order chi connectivity index (χ1) is 4.79. The molecule has 54 valence electrons. The summed E-state index contributed by atoms with van der Waals surface area (Å²) in [4.78, 5) is 10.4. The highest BCUT2D eigenvalue weighted by atomic mass is 79.9. The molecule has 3 heteroatoms. The van der Waals surface area contributed by atoms with E-state index in [1.54, 1.807) is 6.07 Å². The Balaban J connectivity index is 3.12. The van der Waals surface area contributed by atoms with Gasteiger partial charge < -0.3 is 4.57 Å². The van der Waals surface area contributed by atoms with Crippen molar-refractivity contribution in [2.75, 3.05) is 0 Å². The molecule has 1 aromatic rings. The van der Waals surface area contributed by atoms with Gasteiger partial charge in [-0.1, -0.05) is 0 Å². The summed E-state index contributed by atoms with van der Waals surface area (Å²) in [6.45, 7) is 2.82. The van der Waals surface area contributed by atoms with E-state index in [0.29, 0.717) is 0 Å². The lowest BCUT2D eigenvalue weighted by molar-refractivity contribution is 0.111. The van der Waals surface area contributed by atoms with Gasteiger partial charge in [0.05, 0.1) is 10.3 Å². The van der Waals surface area contributed by atoms with E-state index in [1.165, 1.54) is 0 Å². The summed E-state index contributed by atoms with van der Waals surface area (Å²) in [5.41, 5.74) is 0.717. The van der Waals surface area contributed by atoms with Crippen molar-refractivity contribution in [3.63, 3.8) is 0 Å². The fourth-order valence-electron chi connectivity index (χ4n) is 0.894. The summed E-state index contributed by atoms with van der Waals surface area (Å²) in [7, 11) is 0. The Morgan fingerprint density at radius 1 is 1.70 bits per heavy atom. The number of nitrogens with zero attached hydrogens (tertiary/aromatic N) is 1. The molecule has 0 saturated carbocycles. The van der Waals surface area contributed by atoms with Crippen LogP contribution in [0.4, 0.5) is 0 Å². The zero-order valence-corrected chi connectivity index (χ0v) is 7.26. The Labute approximate surface area is 68.0 Å². The number of halogens is 1. The van der Waals surface area contributed by atoms with Crippen molar-refractivity contribution in [3.05, 3.63) is 22.4 Å². The molecular weight excluding hydrogens is 194 g/mol. The monoisotopic (exact) mass is 201 g/mol. The van der Waals surface area contributed by atoms with Gasteiger partial charge in [0, 0.05) is 6.54 Å². The highest BCUT2D eigenvalue weighted by Gasteiger charge is 2.00. The molecule has 0 radical (unpaired) electrons. The zero-order chi connectivity index (χ0) is 7.56. The molecule has 2 nitrogen and oxygen atoms in total. The van der Waals surface area contributed by atoms with Gasteiger partial charge >= 0.3 is 0 Å². The molecular formula is C7H8BrNO. The average molecular weight is 202 g/mol. The van der Waals surface area contributed by atoms with E-state index in [-0.39, 0.29) is 0 Å². The highest BCUT2D eigenvalue weighted by molar-refractivity contribution is 9.10. The van der Waals surface area contributed by atoms with Crippen LogP contribution in [0.3, 0.4) is 0 Å². The first-order valence-electron chi connectivity index (χ1n) is 3.09. The first-order valence-corrected chi connectivity index (χ1v) is 3.89. The van der Waals surface area contributed by atoms with Crippen LogP contribution in [0.1, 0.15) is 17.4 Å². The lowest BCUT2D eigenvalue weighted by Gasteiger charge is -2.00. The van der Waals surface area contributed by atoms with Gasteiger partial charge in [-0.3, -0.25) is 4.79 Å². The molecule has 0 aliphatic rings. The van der Waals surface area contributed by atoms with E-state index in [1.807, 2.05) is 17.6 Å². The van der Waals surface area contributed by atoms with Crippen LogP contribution in [-0.2, 0) is 6.54 Å². The molecule has 10 heavy (non-hydrogen) atoms. The zero-order valence-electron chi connectivity index (χ0n) is 5.67. The molecule has 0 saturated heterocycles. The Bertz CT molecular complexity index is 242. The smallest absolute Gasteiger partial charge is 0.166 e. The van der Waals surface area contributed by atoms with Gasteiger partial charge in [-0.15, -0.1) is 0 Å². The molecule has 0 atom stereocenters. The number of carbonyl (C=O) groups is 1. The van der Waals surface area contributed by atoms with Gasteiger partial charge in [-0.2, -0.15) is 0 Å². The normalized spacial score (nSPS) is 9.80. The predicted molar refractivity (Wildman–Crippen MR) is 43.2 cm³/mol. The van der Waals surface area contributed by atoms with Gasteiger partial charge in [0.2, 0.25) is 0 Å². The SMILES string of the molecule is CCn1c(Br)ccc1C=O. The molecule has 0 unspecified atom stereocenters. The Morgan fingerprint density at radius 2 is 2.40 bits per heavy atom. The topological polar surface area (TPSA) is 22.0 Å². The van der Waals surface area contributed by atoms with Crippen molar-refractivity contribution >= 4 is 22.2 Å². The fraction of sp³-hybridized carbons (Fsp3) is 0.286. The maximum absolute atomic E-state index is 10.4. The lowest BCUT2D eigenvalue weighted by Crippen LogP contribution is -1.98. The third kappa shape index (κ3) is 1.14. The number of hydrogen-bond acceptors (Lipinski definition) is 1. The largest absolute Gasteiger partial charge is 0.333 e. The van der Waals surface area contributed by atoms with Gasteiger partial charge in [-0.25, -0.2) is 0 Å². The van der Waals surface area contributed by atoms with Gasteiger partial charge in [0.1, 0.15) is 0 Å². The Kier molecular flexibility index (Phi) is 2.27. The van der Waals surface area contributed by atoms with E-state index >= 15 is 0 Å². The minimum atomic E-state index is 0.717. The number of carbonyl (C=O) groups excluding carboxylic acids is 1. The van der Waals surface area contributed by atoms with E-state index in [0.717, 1.165) is 23.1 Å². The Morgan fingerprint density at radius 3 is 2.80 bits per heavy atom. The molecule has 0 aliphatic heterocycles. The first kappa shape index (κ1) is 7.54. The second-order valence-electron chi connectivity index (χ2n) is 1.94. The highest BCUT2D eigenvalue weighted by Crippen LogP contribution is 2.13. The molecule has 0 aromatic carbocycles. The van der Waals surface area contributed by atoms with Gasteiger partial charge in [0.25, 0.3) is 0 Å². The Hall–Kier alpha value is -0.570. The lowest BCUT2D eigenvalue weighted by atomic mass is 10.5. The molecule has 0 N–H and O–H groups in total. The summed E-state index contributed by atoms with van der Waals surface area (Å²) in [6, 6.07) is 3.66. The van der Waals surface area contributed by atoms with Crippen LogP contribution in [0.2, 0.25) is 0 Å². The molecule has 1 heterocycles. The third-order valence-corrected chi connectivity index (χ3v) is 2.09. The number of rotatable bonds is 2. The molecule has 0 aliphatic carbocycles. The molecule has 0 spiro atoms. The van der Waals surface area contributed by atoms with Crippen LogP contribution in [0.5, 0.6) is 0 Å². The third-order valence-electron chi connectivity index (χ3n) is 1.40. The van der Waals surface area contributed by atoms with Crippen molar-refractivity contribution in [2.24, 2.45) is 0 Å². The van der Waals surface area contributed by atoms with Gasteiger partial charge in [-0.05, 0) is 35.0 Å². The second kappa shape index (κ2) is 3.01. The fourth-order valence-corrected chi connectivity index (χ4v) is 1.48. The second-order valence-corrected chi connectivity index (χ2v) is 2.76. The molecule has 0 bridgehead atoms. The van der Waals surface area contributed by atoms with Gasteiger partial charge in [0.15, 0.2) is 6.29 Å². The number of aromatic nitrogens is 1. The number of aldehydes is 1.